The van der Waals surface area contributed by atoms with Crippen molar-refractivity contribution in [1.29, 1.82) is 0 Å². The average Bonchev–Trinajstić information content (AvgIpc) is 3.20. The first-order valence-electron chi connectivity index (χ1n) is 8.50. The predicted molar refractivity (Wildman–Crippen MR) is 110 cm³/mol. The van der Waals surface area contributed by atoms with Crippen molar-refractivity contribution in [2.75, 3.05) is 31.9 Å². The maximum absolute atomic E-state index is 12.1. The van der Waals surface area contributed by atoms with Gasteiger partial charge in [-0.05, 0) is 42.5 Å². The van der Waals surface area contributed by atoms with Crippen LogP contribution >= 0.6 is 11.3 Å². The van der Waals surface area contributed by atoms with Crippen molar-refractivity contribution in [3.63, 3.8) is 0 Å². The first kappa shape index (κ1) is 20.2. The third-order valence-corrected chi connectivity index (χ3v) is 4.67. The van der Waals surface area contributed by atoms with Gasteiger partial charge in [0.15, 0.2) is 23.2 Å². The highest BCUT2D eigenvalue weighted by atomic mass is 32.1. The lowest BCUT2D eigenvalue weighted by molar-refractivity contribution is -0.119. The van der Waals surface area contributed by atoms with Crippen LogP contribution in [0.15, 0.2) is 47.8 Å². The lowest BCUT2D eigenvalue weighted by Gasteiger charge is -2.08. The number of anilines is 2. The zero-order valence-electron chi connectivity index (χ0n) is 15.8. The van der Waals surface area contributed by atoms with E-state index in [4.69, 9.17) is 19.9 Å². The maximum atomic E-state index is 12.1. The van der Waals surface area contributed by atoms with Crippen LogP contribution in [0, 0.1) is 0 Å². The van der Waals surface area contributed by atoms with Crippen molar-refractivity contribution >= 4 is 34.0 Å². The van der Waals surface area contributed by atoms with Crippen LogP contribution < -0.4 is 20.5 Å². The van der Waals surface area contributed by atoms with Crippen LogP contribution in [0.2, 0.25) is 0 Å². The summed E-state index contributed by atoms with van der Waals surface area (Å²) >= 11 is 1.26. The summed E-state index contributed by atoms with van der Waals surface area (Å²) in [5.74, 6) is 0.105. The summed E-state index contributed by atoms with van der Waals surface area (Å²) in [4.78, 5) is 28.4. The van der Waals surface area contributed by atoms with Gasteiger partial charge in [0.1, 0.15) is 0 Å². The number of nitrogen functional groups attached to an aromatic ring is 1. The van der Waals surface area contributed by atoms with Gasteiger partial charge in [0.2, 0.25) is 0 Å². The minimum absolute atomic E-state index is 0.317. The van der Waals surface area contributed by atoms with Crippen LogP contribution in [0.25, 0.3) is 11.3 Å². The summed E-state index contributed by atoms with van der Waals surface area (Å²) in [6.07, 6.45) is 0. The molecule has 0 aliphatic rings. The molecular formula is C20H19N3O5S. The Bertz CT molecular complexity index is 1020. The number of carbonyl (C=O) groups is 2. The van der Waals surface area contributed by atoms with Crippen molar-refractivity contribution in [3.05, 3.63) is 53.4 Å². The number of aromatic nitrogens is 1. The molecular weight excluding hydrogens is 394 g/mol. The van der Waals surface area contributed by atoms with Crippen molar-refractivity contribution in [2.24, 2.45) is 0 Å². The number of esters is 1. The molecule has 0 fully saturated rings. The lowest BCUT2D eigenvalue weighted by Crippen LogP contribution is -2.20. The van der Waals surface area contributed by atoms with Crippen LogP contribution in [0.4, 0.5) is 10.8 Å². The van der Waals surface area contributed by atoms with E-state index in [1.807, 2.05) is 6.07 Å². The van der Waals surface area contributed by atoms with E-state index < -0.39 is 18.5 Å². The highest BCUT2D eigenvalue weighted by Gasteiger charge is 2.13. The summed E-state index contributed by atoms with van der Waals surface area (Å²) < 4.78 is 15.5. The number of nitrogens with two attached hydrogens (primary N) is 1. The molecule has 1 aromatic heterocycles. The molecule has 9 heteroatoms. The van der Waals surface area contributed by atoms with E-state index in [1.54, 1.807) is 43.9 Å². The molecule has 8 nitrogen and oxygen atoms in total. The Labute approximate surface area is 171 Å². The highest BCUT2D eigenvalue weighted by Crippen LogP contribution is 2.33. The quantitative estimate of drug-likeness (QED) is 0.452. The Morgan fingerprint density at radius 1 is 1.07 bits per heavy atom. The second-order valence-electron chi connectivity index (χ2n) is 5.85. The molecule has 0 unspecified atom stereocenters. The van der Waals surface area contributed by atoms with E-state index in [-0.39, 0.29) is 0 Å². The van der Waals surface area contributed by atoms with Gasteiger partial charge in [-0.15, -0.1) is 11.3 Å². The second kappa shape index (κ2) is 9.07. The van der Waals surface area contributed by atoms with Crippen molar-refractivity contribution in [3.8, 4) is 22.8 Å². The number of nitrogens with zero attached hydrogens (tertiary/aromatic N) is 1. The molecule has 3 aromatic rings. The number of nitrogens with one attached hydrogen (secondary N) is 1. The Morgan fingerprint density at radius 2 is 1.79 bits per heavy atom. The number of rotatable bonds is 7. The second-order valence-corrected chi connectivity index (χ2v) is 6.71. The highest BCUT2D eigenvalue weighted by molar-refractivity contribution is 7.14. The molecule has 2 aromatic carbocycles. The molecule has 3 rings (SSSR count). The Kier molecular flexibility index (Phi) is 6.30. The molecule has 29 heavy (non-hydrogen) atoms. The van der Waals surface area contributed by atoms with E-state index in [1.165, 1.54) is 23.5 Å². The van der Waals surface area contributed by atoms with Gasteiger partial charge in [-0.25, -0.2) is 9.78 Å². The summed E-state index contributed by atoms with van der Waals surface area (Å²) in [7, 11) is 3.12. The van der Waals surface area contributed by atoms with E-state index in [0.29, 0.717) is 33.6 Å². The van der Waals surface area contributed by atoms with Crippen molar-refractivity contribution in [1.82, 2.24) is 4.98 Å². The topological polar surface area (TPSA) is 113 Å². The fraction of sp³-hybridized carbons (Fsp3) is 0.150. The van der Waals surface area contributed by atoms with E-state index in [9.17, 15) is 9.59 Å². The number of hydrogen-bond acceptors (Lipinski definition) is 8. The van der Waals surface area contributed by atoms with Gasteiger partial charge in [0.05, 0.1) is 25.5 Å². The molecule has 3 N–H and O–H groups in total. The molecule has 0 radical (unpaired) electrons. The zero-order chi connectivity index (χ0) is 20.8. The van der Waals surface area contributed by atoms with Gasteiger partial charge in [-0.1, -0.05) is 0 Å². The average molecular weight is 413 g/mol. The molecule has 0 saturated heterocycles. The van der Waals surface area contributed by atoms with Gasteiger partial charge in [0.25, 0.3) is 5.91 Å². The molecule has 0 aliphatic heterocycles. The van der Waals surface area contributed by atoms with Gasteiger partial charge in [0, 0.05) is 16.6 Å². The Balaban J connectivity index is 1.59. The van der Waals surface area contributed by atoms with Crippen LogP contribution in [-0.4, -0.2) is 37.7 Å². The smallest absolute Gasteiger partial charge is 0.338 e. The number of thiazole rings is 1. The lowest BCUT2D eigenvalue weighted by atomic mass is 10.1. The molecule has 1 amide bonds. The van der Waals surface area contributed by atoms with Crippen LogP contribution in [0.1, 0.15) is 10.4 Å². The molecule has 0 bridgehead atoms. The fourth-order valence-electron chi connectivity index (χ4n) is 2.45. The van der Waals surface area contributed by atoms with E-state index >= 15 is 0 Å². The minimum atomic E-state index is -0.606. The molecule has 0 saturated carbocycles. The van der Waals surface area contributed by atoms with E-state index in [2.05, 4.69) is 10.3 Å². The van der Waals surface area contributed by atoms with Crippen molar-refractivity contribution < 1.29 is 23.8 Å². The third kappa shape index (κ3) is 5.02. The summed E-state index contributed by atoms with van der Waals surface area (Å²) in [6.45, 7) is -0.422. The predicted octanol–water partition coefficient (Wildman–Crippen LogP) is 3.21. The van der Waals surface area contributed by atoms with Gasteiger partial charge >= 0.3 is 5.97 Å². The number of ether oxygens (including phenoxy) is 3. The first-order valence-corrected chi connectivity index (χ1v) is 9.38. The Morgan fingerprint density at radius 3 is 2.48 bits per heavy atom. The summed E-state index contributed by atoms with van der Waals surface area (Å²) in [6, 6.07) is 11.7. The molecule has 150 valence electrons. The number of carbonyl (C=O) groups excluding carboxylic acids is 2. The monoisotopic (exact) mass is 413 g/mol. The number of hydrogen-bond donors (Lipinski definition) is 2. The van der Waals surface area contributed by atoms with Gasteiger partial charge in [-0.2, -0.15) is 0 Å². The van der Waals surface area contributed by atoms with Gasteiger partial charge < -0.3 is 19.9 Å². The number of methoxy groups -OCH3 is 2. The Hall–Kier alpha value is -3.59. The third-order valence-electron chi connectivity index (χ3n) is 3.91. The van der Waals surface area contributed by atoms with Crippen LogP contribution in [0.3, 0.4) is 0 Å². The SMILES string of the molecule is COc1ccc(-c2csc(NC(=O)COC(=O)c3ccc(N)cc3)n2)cc1OC. The number of amides is 1. The van der Waals surface area contributed by atoms with Crippen LogP contribution in [0.5, 0.6) is 11.5 Å². The molecule has 0 atom stereocenters. The normalized spacial score (nSPS) is 10.3. The molecule has 0 aliphatic carbocycles. The minimum Gasteiger partial charge on any atom is -0.493 e. The first-order chi connectivity index (χ1) is 14.0. The summed E-state index contributed by atoms with van der Waals surface area (Å²) in [5.41, 5.74) is 7.91. The van der Waals surface area contributed by atoms with Crippen molar-refractivity contribution in [2.45, 2.75) is 0 Å². The maximum Gasteiger partial charge on any atom is 0.338 e. The van der Waals surface area contributed by atoms with E-state index in [0.717, 1.165) is 5.56 Å². The molecule has 1 heterocycles. The largest absolute Gasteiger partial charge is 0.493 e. The number of benzene rings is 2. The standard InChI is InChI=1S/C20H19N3O5S/c1-26-16-8-5-13(9-17(16)27-2)15-11-29-20(22-15)23-18(24)10-28-19(25)12-3-6-14(21)7-4-12/h3-9,11H,10,21H2,1-2H3,(H,22,23,24). The van der Waals surface area contributed by atoms with Gasteiger partial charge in [-0.3, -0.25) is 10.1 Å². The molecule has 0 spiro atoms. The zero-order valence-corrected chi connectivity index (χ0v) is 16.6. The fourth-order valence-corrected chi connectivity index (χ4v) is 3.18. The summed E-state index contributed by atoms with van der Waals surface area (Å²) in [5, 5.41) is 4.81. The van der Waals surface area contributed by atoms with Crippen LogP contribution in [-0.2, 0) is 9.53 Å².